The standard InChI is InChI=1S/C30H33N5O7S/c1-30(2,3)42-26(36)19-35-25-16-9-8-15-24(25)34(22-13-6-5-7-14-22)18-23(28(35)38)32-29(39)31-21-12-10-11-20(17-21)27(37)33-43(4,40)41/h5-17,23H,18-19H2,1-4H3,(H,33,37)(H2,31,32,39). The predicted octanol–water partition coefficient (Wildman–Crippen LogP) is 3.39. The summed E-state index contributed by atoms with van der Waals surface area (Å²) in [4.78, 5) is 55.5. The molecular weight excluding hydrogens is 574 g/mol. The number of anilines is 4. The predicted molar refractivity (Wildman–Crippen MR) is 163 cm³/mol. The molecule has 0 spiro atoms. The minimum absolute atomic E-state index is 0.00278. The van der Waals surface area contributed by atoms with Gasteiger partial charge in [-0.2, -0.15) is 0 Å². The number of fused-ring (bicyclic) bond motifs is 1. The third kappa shape index (κ3) is 8.32. The van der Waals surface area contributed by atoms with Crippen molar-refractivity contribution in [2.45, 2.75) is 32.4 Å². The molecule has 3 aromatic carbocycles. The maximum Gasteiger partial charge on any atom is 0.326 e. The van der Waals surface area contributed by atoms with Gasteiger partial charge in [0.1, 0.15) is 18.2 Å². The monoisotopic (exact) mass is 607 g/mol. The molecule has 4 rings (SSSR count). The Morgan fingerprint density at radius 2 is 1.58 bits per heavy atom. The highest BCUT2D eigenvalue weighted by Gasteiger charge is 2.37. The van der Waals surface area contributed by atoms with Crippen molar-refractivity contribution in [2.24, 2.45) is 0 Å². The molecule has 43 heavy (non-hydrogen) atoms. The summed E-state index contributed by atoms with van der Waals surface area (Å²) < 4.78 is 30.3. The van der Waals surface area contributed by atoms with Crippen molar-refractivity contribution in [1.82, 2.24) is 10.0 Å². The molecule has 13 heteroatoms. The second-order valence-corrected chi connectivity index (χ2v) is 12.6. The second kappa shape index (κ2) is 12.5. The molecule has 0 saturated carbocycles. The summed E-state index contributed by atoms with van der Waals surface area (Å²) in [6, 6.07) is 20.2. The van der Waals surface area contributed by atoms with Gasteiger partial charge in [0.25, 0.3) is 11.8 Å². The largest absolute Gasteiger partial charge is 0.459 e. The first-order valence-corrected chi connectivity index (χ1v) is 15.2. The van der Waals surface area contributed by atoms with Gasteiger partial charge in [0.05, 0.1) is 24.2 Å². The first-order chi connectivity index (χ1) is 20.2. The number of carbonyl (C=O) groups is 4. The van der Waals surface area contributed by atoms with E-state index in [1.54, 1.807) is 32.9 Å². The molecule has 0 saturated heterocycles. The van der Waals surface area contributed by atoms with Gasteiger partial charge >= 0.3 is 12.0 Å². The molecule has 3 N–H and O–H groups in total. The molecule has 1 unspecified atom stereocenters. The summed E-state index contributed by atoms with van der Waals surface area (Å²) in [5, 5.41) is 5.29. The molecule has 1 atom stereocenters. The van der Waals surface area contributed by atoms with Crippen LogP contribution in [0.5, 0.6) is 0 Å². The third-order valence-electron chi connectivity index (χ3n) is 6.13. The van der Waals surface area contributed by atoms with Gasteiger partial charge in [0.2, 0.25) is 10.0 Å². The molecule has 12 nitrogen and oxygen atoms in total. The maximum absolute atomic E-state index is 14.0. The Morgan fingerprint density at radius 3 is 2.23 bits per heavy atom. The highest BCUT2D eigenvalue weighted by Crippen LogP contribution is 2.37. The minimum Gasteiger partial charge on any atom is -0.459 e. The Kier molecular flexibility index (Phi) is 9.04. The Morgan fingerprint density at radius 1 is 0.930 bits per heavy atom. The van der Waals surface area contributed by atoms with E-state index in [4.69, 9.17) is 4.74 Å². The van der Waals surface area contributed by atoms with E-state index < -0.39 is 45.5 Å². The Balaban J connectivity index is 1.63. The fraction of sp³-hybridized carbons (Fsp3) is 0.267. The average Bonchev–Trinajstić information content (AvgIpc) is 3.02. The molecular formula is C30H33N5O7S. The molecule has 1 heterocycles. The van der Waals surface area contributed by atoms with Gasteiger partial charge in [0.15, 0.2) is 0 Å². The molecule has 0 fully saturated rings. The normalized spacial score (nSPS) is 15.2. The minimum atomic E-state index is -3.79. The van der Waals surface area contributed by atoms with Gasteiger partial charge in [-0.15, -0.1) is 0 Å². The van der Waals surface area contributed by atoms with E-state index in [1.165, 1.54) is 29.2 Å². The van der Waals surface area contributed by atoms with Crippen LogP contribution in [0.2, 0.25) is 0 Å². The van der Waals surface area contributed by atoms with E-state index in [-0.39, 0.29) is 24.3 Å². The van der Waals surface area contributed by atoms with Crippen molar-refractivity contribution >= 4 is 56.6 Å². The molecule has 3 aromatic rings. The smallest absolute Gasteiger partial charge is 0.326 e. The van der Waals surface area contributed by atoms with E-state index in [9.17, 15) is 27.6 Å². The second-order valence-electron chi connectivity index (χ2n) is 10.9. The zero-order chi connectivity index (χ0) is 31.4. The lowest BCUT2D eigenvalue weighted by Gasteiger charge is -2.27. The van der Waals surface area contributed by atoms with Crippen LogP contribution in [-0.2, 0) is 24.3 Å². The highest BCUT2D eigenvalue weighted by molar-refractivity contribution is 7.89. The van der Waals surface area contributed by atoms with Crippen molar-refractivity contribution in [2.75, 3.05) is 34.5 Å². The lowest BCUT2D eigenvalue weighted by atomic mass is 10.2. The van der Waals surface area contributed by atoms with Crippen LogP contribution in [0.4, 0.5) is 27.5 Å². The van der Waals surface area contributed by atoms with Gasteiger partial charge in [-0.1, -0.05) is 36.4 Å². The Hall–Kier alpha value is -4.91. The van der Waals surface area contributed by atoms with Crippen LogP contribution < -0.4 is 25.2 Å². The fourth-order valence-corrected chi connectivity index (χ4v) is 4.96. The third-order valence-corrected chi connectivity index (χ3v) is 6.69. The van der Waals surface area contributed by atoms with Crippen LogP contribution in [0, 0.1) is 0 Å². The number of urea groups is 1. The van der Waals surface area contributed by atoms with Crippen LogP contribution in [0.15, 0.2) is 78.9 Å². The van der Waals surface area contributed by atoms with Crippen molar-refractivity contribution in [3.05, 3.63) is 84.4 Å². The molecule has 4 amide bonds. The summed E-state index contributed by atoms with van der Waals surface area (Å²) in [7, 11) is -3.79. The summed E-state index contributed by atoms with van der Waals surface area (Å²) >= 11 is 0. The zero-order valence-electron chi connectivity index (χ0n) is 24.2. The number of benzene rings is 3. The summed E-state index contributed by atoms with van der Waals surface area (Å²) in [6.07, 6.45) is 0.854. The summed E-state index contributed by atoms with van der Waals surface area (Å²) in [6.45, 7) is 4.85. The lowest BCUT2D eigenvalue weighted by Crippen LogP contribution is -2.53. The van der Waals surface area contributed by atoms with Crippen LogP contribution in [0.1, 0.15) is 31.1 Å². The number of carbonyl (C=O) groups excluding carboxylic acids is 4. The SMILES string of the molecule is CC(C)(C)OC(=O)CN1C(=O)C(NC(=O)Nc2cccc(C(=O)NS(C)(=O)=O)c2)CN(c2ccccc2)c2ccccc21. The van der Waals surface area contributed by atoms with Crippen molar-refractivity contribution in [1.29, 1.82) is 0 Å². The molecule has 0 aromatic heterocycles. The number of hydrogen-bond acceptors (Lipinski definition) is 8. The Bertz CT molecular complexity index is 1640. The molecule has 0 aliphatic carbocycles. The van der Waals surface area contributed by atoms with E-state index >= 15 is 0 Å². The topological polar surface area (TPSA) is 154 Å². The molecule has 226 valence electrons. The molecule has 0 bridgehead atoms. The first-order valence-electron chi connectivity index (χ1n) is 13.3. The number of nitrogens with one attached hydrogen (secondary N) is 3. The zero-order valence-corrected chi connectivity index (χ0v) is 25.0. The number of amides is 4. The van der Waals surface area contributed by atoms with Gasteiger partial charge in [-0.3, -0.25) is 19.3 Å². The van der Waals surface area contributed by atoms with E-state index in [1.807, 2.05) is 52.1 Å². The van der Waals surface area contributed by atoms with Gasteiger partial charge < -0.3 is 20.3 Å². The van der Waals surface area contributed by atoms with Crippen molar-refractivity contribution in [3.8, 4) is 0 Å². The van der Waals surface area contributed by atoms with Gasteiger partial charge in [-0.25, -0.2) is 17.9 Å². The number of para-hydroxylation sites is 3. The highest BCUT2D eigenvalue weighted by atomic mass is 32.2. The number of rotatable bonds is 7. The lowest BCUT2D eigenvalue weighted by molar-refractivity contribution is -0.153. The summed E-state index contributed by atoms with van der Waals surface area (Å²) in [5.74, 6) is -2.01. The van der Waals surface area contributed by atoms with Crippen LogP contribution in [0.3, 0.4) is 0 Å². The molecule has 0 radical (unpaired) electrons. The fourth-order valence-electron chi connectivity index (χ4n) is 4.50. The first kappa shape index (κ1) is 31.0. The van der Waals surface area contributed by atoms with Crippen LogP contribution >= 0.6 is 0 Å². The number of esters is 1. The van der Waals surface area contributed by atoms with Gasteiger partial charge in [-0.05, 0) is 63.2 Å². The van der Waals surface area contributed by atoms with Crippen LogP contribution in [0.25, 0.3) is 0 Å². The van der Waals surface area contributed by atoms with Crippen LogP contribution in [-0.4, -0.2) is 63.2 Å². The average molecular weight is 608 g/mol. The number of ether oxygens (including phenoxy) is 1. The maximum atomic E-state index is 14.0. The van der Waals surface area contributed by atoms with Gasteiger partial charge in [0, 0.05) is 16.9 Å². The van der Waals surface area contributed by atoms with Crippen molar-refractivity contribution in [3.63, 3.8) is 0 Å². The molecule has 1 aliphatic heterocycles. The summed E-state index contributed by atoms with van der Waals surface area (Å²) in [5.41, 5.74) is 1.30. The van der Waals surface area contributed by atoms with E-state index in [0.717, 1.165) is 11.9 Å². The van der Waals surface area contributed by atoms with E-state index in [0.29, 0.717) is 11.4 Å². The quantitative estimate of drug-likeness (QED) is 0.346. The van der Waals surface area contributed by atoms with Crippen molar-refractivity contribution < 1.29 is 32.3 Å². The number of sulfonamides is 1. The molecule has 1 aliphatic rings. The van der Waals surface area contributed by atoms with E-state index in [2.05, 4.69) is 10.6 Å². The number of hydrogen-bond donors (Lipinski definition) is 3. The Labute approximate surface area is 250 Å². The number of nitrogens with zero attached hydrogens (tertiary/aromatic N) is 2.